The Kier molecular flexibility index (Phi) is 9.52. The molecule has 4 rings (SSSR count). The molecule has 0 saturated carbocycles. The maximum atomic E-state index is 13.7. The molecule has 4 N–H and O–H groups in total. The Morgan fingerprint density at radius 3 is 2.70 bits per heavy atom. The number of carbonyl (C=O) groups is 2. The second kappa shape index (κ2) is 12.4. The third-order valence-electron chi connectivity index (χ3n) is 8.91. The molecule has 40 heavy (non-hydrogen) atoms. The highest BCUT2D eigenvalue weighted by atomic mass is 32.1. The second-order valence-corrected chi connectivity index (χ2v) is 13.4. The number of esters is 1. The molecule has 0 spiro atoms. The number of nitrogens with two attached hydrogens (primary N) is 1. The van der Waals surface area contributed by atoms with Crippen molar-refractivity contribution in [3.63, 3.8) is 0 Å². The van der Waals surface area contributed by atoms with E-state index in [0.29, 0.717) is 25.8 Å². The minimum absolute atomic E-state index is 0.0903. The average Bonchev–Trinajstić information content (AvgIpc) is 3.35. The Morgan fingerprint density at radius 2 is 2.00 bits per heavy atom. The van der Waals surface area contributed by atoms with Crippen LogP contribution in [0.1, 0.15) is 89.3 Å². The summed E-state index contributed by atoms with van der Waals surface area (Å²) < 4.78 is 13.1. The van der Waals surface area contributed by atoms with Crippen LogP contribution in [0.15, 0.2) is 30.9 Å². The molecule has 0 amide bonds. The molecule has 1 aromatic carbocycles. The molecule has 2 fully saturated rings. The summed E-state index contributed by atoms with van der Waals surface area (Å²) in [4.78, 5) is 31.6. The van der Waals surface area contributed by atoms with Crippen molar-refractivity contribution in [1.82, 2.24) is 4.98 Å². The number of hydrogen-bond acceptors (Lipinski definition) is 9. The van der Waals surface area contributed by atoms with Crippen molar-refractivity contribution in [3.8, 4) is 0 Å². The zero-order chi connectivity index (χ0) is 29.2. The highest BCUT2D eigenvalue weighted by Crippen LogP contribution is 2.47. The van der Waals surface area contributed by atoms with Crippen LogP contribution in [0.25, 0.3) is 10.2 Å². The predicted octanol–water partition coefficient (Wildman–Crippen LogP) is 5.00. The fourth-order valence-electron chi connectivity index (χ4n) is 5.89. The van der Waals surface area contributed by atoms with Gasteiger partial charge in [-0.1, -0.05) is 39.3 Å². The summed E-state index contributed by atoms with van der Waals surface area (Å²) in [5, 5.41) is 23.2. The molecule has 220 valence electrons. The van der Waals surface area contributed by atoms with Gasteiger partial charge in [-0.05, 0) is 56.2 Å². The Bertz CT molecular complexity index is 1230. The van der Waals surface area contributed by atoms with E-state index in [1.807, 2.05) is 25.1 Å². The van der Waals surface area contributed by atoms with Crippen LogP contribution in [0.5, 0.6) is 0 Å². The number of Topliss-reactive ketones (excluding diaryl/α,β-unsaturated/α-hetero) is 1. The van der Waals surface area contributed by atoms with E-state index < -0.39 is 35.6 Å². The fourth-order valence-corrected chi connectivity index (χ4v) is 6.72. The molecular weight excluding hydrogens is 528 g/mol. The first-order valence-corrected chi connectivity index (χ1v) is 15.2. The topological polar surface area (TPSA) is 135 Å². The number of aliphatic hydroxyl groups excluding tert-OH is 2. The third kappa shape index (κ3) is 6.65. The number of fused-ring (bicyclic) bond motifs is 2. The molecule has 3 heterocycles. The van der Waals surface area contributed by atoms with Crippen molar-refractivity contribution in [1.29, 1.82) is 0 Å². The van der Waals surface area contributed by atoms with E-state index in [2.05, 4.69) is 18.5 Å². The number of cyclic esters (lactones) is 1. The molecule has 0 aliphatic carbocycles. The van der Waals surface area contributed by atoms with Crippen molar-refractivity contribution in [2.24, 2.45) is 23.0 Å². The molecule has 1 aromatic heterocycles. The minimum Gasteiger partial charge on any atom is -0.457 e. The van der Waals surface area contributed by atoms with Gasteiger partial charge in [0, 0.05) is 18.9 Å². The number of aliphatic hydroxyl groups is 2. The maximum Gasteiger partial charge on any atom is 0.309 e. The van der Waals surface area contributed by atoms with Gasteiger partial charge in [0.25, 0.3) is 0 Å². The highest BCUT2D eigenvalue weighted by Gasteiger charge is 2.53. The van der Waals surface area contributed by atoms with E-state index in [4.69, 9.17) is 15.2 Å². The van der Waals surface area contributed by atoms with Gasteiger partial charge in [-0.15, -0.1) is 17.9 Å². The molecule has 2 aliphatic heterocycles. The van der Waals surface area contributed by atoms with Gasteiger partial charge < -0.3 is 25.4 Å². The van der Waals surface area contributed by atoms with E-state index >= 15 is 0 Å². The number of rotatable bonds is 5. The lowest BCUT2D eigenvalue weighted by atomic mass is 9.71. The van der Waals surface area contributed by atoms with Crippen LogP contribution in [0.2, 0.25) is 0 Å². The van der Waals surface area contributed by atoms with Crippen LogP contribution in [-0.2, 0) is 25.6 Å². The van der Waals surface area contributed by atoms with Crippen molar-refractivity contribution in [2.45, 2.75) is 109 Å². The van der Waals surface area contributed by atoms with E-state index in [9.17, 15) is 19.8 Å². The predicted molar refractivity (Wildman–Crippen MR) is 156 cm³/mol. The number of carbonyl (C=O) groups excluding carboxylic acids is 2. The molecule has 2 saturated heterocycles. The van der Waals surface area contributed by atoms with Crippen LogP contribution >= 0.6 is 11.3 Å². The lowest BCUT2D eigenvalue weighted by molar-refractivity contribution is -0.156. The molecular formula is C31H44N2O6S. The number of thiazole rings is 1. The Labute approximate surface area is 241 Å². The van der Waals surface area contributed by atoms with Gasteiger partial charge in [0.05, 0.1) is 46.0 Å². The average molecular weight is 573 g/mol. The van der Waals surface area contributed by atoms with Gasteiger partial charge in [-0.25, -0.2) is 4.98 Å². The first-order chi connectivity index (χ1) is 18.9. The normalized spacial score (nSPS) is 33.8. The summed E-state index contributed by atoms with van der Waals surface area (Å²) in [6.45, 7) is 11.4. The summed E-state index contributed by atoms with van der Waals surface area (Å²) >= 11 is 1.54. The van der Waals surface area contributed by atoms with Crippen LogP contribution in [0.4, 0.5) is 0 Å². The largest absolute Gasteiger partial charge is 0.457 e. The molecule has 8 nitrogen and oxygen atoms in total. The Balaban J connectivity index is 1.63. The Morgan fingerprint density at radius 1 is 1.25 bits per heavy atom. The van der Waals surface area contributed by atoms with Gasteiger partial charge in [0.1, 0.15) is 16.9 Å². The lowest BCUT2D eigenvalue weighted by Crippen LogP contribution is -2.46. The van der Waals surface area contributed by atoms with E-state index in [0.717, 1.165) is 40.1 Å². The molecule has 7 atom stereocenters. The molecule has 0 radical (unpaired) electrons. The van der Waals surface area contributed by atoms with Crippen LogP contribution in [-0.4, -0.2) is 50.9 Å². The molecule has 2 aliphatic rings. The standard InChI is InChI=1S/C31H44N2O6S/c1-6-7-10-20-28(36)18(2)9-8-13-31(5)25(39-31)15-22(38-27(35)16-24(34)30(3,4)29(20)37)19-11-12-23-21(14-19)33-26(17-32)40-23/h6,11-12,14,18,20,22,24-25,28,34,36H,1,7-10,13,15-17,32H2,2-5H3. The number of allylic oxidation sites excluding steroid dienone is 1. The second-order valence-electron chi connectivity index (χ2n) is 12.3. The van der Waals surface area contributed by atoms with Gasteiger partial charge >= 0.3 is 5.97 Å². The number of ketones is 1. The van der Waals surface area contributed by atoms with E-state index in [-0.39, 0.29) is 29.8 Å². The van der Waals surface area contributed by atoms with Crippen molar-refractivity contribution in [2.75, 3.05) is 0 Å². The summed E-state index contributed by atoms with van der Waals surface area (Å²) in [7, 11) is 0. The molecule has 9 heteroatoms. The van der Waals surface area contributed by atoms with Crippen molar-refractivity contribution >= 4 is 33.3 Å². The molecule has 7 unspecified atom stereocenters. The number of ether oxygens (including phenoxy) is 2. The monoisotopic (exact) mass is 572 g/mol. The SMILES string of the molecule is C=CCCC1C(=O)C(C)(C)C(O)CC(=O)OC(c2ccc3sc(CN)nc3c2)CC2OC2(C)CCCC(C)C1O. The number of hydrogen-bond donors (Lipinski definition) is 3. The number of nitrogens with zero attached hydrogens (tertiary/aromatic N) is 1. The first-order valence-electron chi connectivity index (χ1n) is 14.4. The lowest BCUT2D eigenvalue weighted by Gasteiger charge is -2.36. The zero-order valence-corrected chi connectivity index (χ0v) is 24.9. The minimum atomic E-state index is -1.27. The summed E-state index contributed by atoms with van der Waals surface area (Å²) in [5.74, 6) is -1.62. The van der Waals surface area contributed by atoms with Gasteiger partial charge in [0.2, 0.25) is 0 Å². The number of epoxide rings is 1. The van der Waals surface area contributed by atoms with Crippen LogP contribution in [0, 0.1) is 17.3 Å². The maximum absolute atomic E-state index is 13.7. The fraction of sp³-hybridized carbons (Fsp3) is 0.645. The van der Waals surface area contributed by atoms with Gasteiger partial charge in [-0.2, -0.15) is 0 Å². The first kappa shape index (κ1) is 30.8. The van der Waals surface area contributed by atoms with E-state index in [1.165, 1.54) is 11.3 Å². The highest BCUT2D eigenvalue weighted by molar-refractivity contribution is 7.18. The molecule has 2 aromatic rings. The number of benzene rings is 1. The summed E-state index contributed by atoms with van der Waals surface area (Å²) in [5.41, 5.74) is 5.79. The van der Waals surface area contributed by atoms with E-state index in [1.54, 1.807) is 19.9 Å². The van der Waals surface area contributed by atoms with Crippen LogP contribution < -0.4 is 5.73 Å². The third-order valence-corrected chi connectivity index (χ3v) is 9.97. The molecule has 0 bridgehead atoms. The summed E-state index contributed by atoms with van der Waals surface area (Å²) in [6, 6.07) is 5.83. The van der Waals surface area contributed by atoms with Gasteiger partial charge in [0.15, 0.2) is 0 Å². The number of aromatic nitrogens is 1. The van der Waals surface area contributed by atoms with Crippen molar-refractivity contribution in [3.05, 3.63) is 41.4 Å². The van der Waals surface area contributed by atoms with Crippen molar-refractivity contribution < 1.29 is 29.3 Å². The smallest absolute Gasteiger partial charge is 0.309 e. The quantitative estimate of drug-likeness (QED) is 0.259. The zero-order valence-electron chi connectivity index (χ0n) is 24.1. The van der Waals surface area contributed by atoms with Crippen LogP contribution in [0.3, 0.4) is 0 Å². The van der Waals surface area contributed by atoms with Gasteiger partial charge in [-0.3, -0.25) is 9.59 Å². The summed E-state index contributed by atoms with van der Waals surface area (Å²) in [6.07, 6.45) is 2.44. The Hall–Kier alpha value is -2.17.